The summed E-state index contributed by atoms with van der Waals surface area (Å²) in [6.07, 6.45) is 5.16. The van der Waals surface area contributed by atoms with E-state index < -0.39 is 0 Å². The number of nitrogens with zero attached hydrogens (tertiary/aromatic N) is 1. The van der Waals surface area contributed by atoms with E-state index in [-0.39, 0.29) is 12.2 Å². The smallest absolute Gasteiger partial charge is 0.240 e. The van der Waals surface area contributed by atoms with Gasteiger partial charge in [0.1, 0.15) is 0 Å². The van der Waals surface area contributed by atoms with Gasteiger partial charge in [-0.15, -0.1) is 0 Å². The van der Waals surface area contributed by atoms with Gasteiger partial charge < -0.3 is 4.90 Å². The molecule has 1 aliphatic heterocycles. The van der Waals surface area contributed by atoms with Crippen LogP contribution >= 0.6 is 0 Å². The third kappa shape index (κ3) is 2.49. The minimum absolute atomic E-state index is 0.00162. The van der Waals surface area contributed by atoms with Crippen LogP contribution < -0.4 is 5.32 Å². The first kappa shape index (κ1) is 12.9. The van der Waals surface area contributed by atoms with Crippen molar-refractivity contribution in [3.05, 3.63) is 0 Å². The zero-order valence-corrected chi connectivity index (χ0v) is 11.6. The first-order valence-corrected chi connectivity index (χ1v) is 7.09. The Morgan fingerprint density at radius 3 is 2.29 bits per heavy atom. The van der Waals surface area contributed by atoms with E-state index in [1.54, 1.807) is 0 Å². The number of rotatable bonds is 2. The van der Waals surface area contributed by atoms with Gasteiger partial charge in [-0.1, -0.05) is 20.8 Å². The Morgan fingerprint density at radius 1 is 1.18 bits per heavy atom. The molecule has 0 aromatic rings. The van der Waals surface area contributed by atoms with Gasteiger partial charge in [-0.05, 0) is 44.4 Å². The highest BCUT2D eigenvalue weighted by Gasteiger charge is 2.42. The van der Waals surface area contributed by atoms with Crippen molar-refractivity contribution in [3.63, 3.8) is 0 Å². The Bertz CT molecular complexity index is 282. The van der Waals surface area contributed by atoms with Gasteiger partial charge in [-0.3, -0.25) is 10.1 Å². The second-order valence-electron chi connectivity index (χ2n) is 6.24. The molecule has 2 aliphatic rings. The summed E-state index contributed by atoms with van der Waals surface area (Å²) >= 11 is 0. The van der Waals surface area contributed by atoms with Crippen LogP contribution in [0.1, 0.15) is 53.4 Å². The second-order valence-corrected chi connectivity index (χ2v) is 6.24. The van der Waals surface area contributed by atoms with Crippen molar-refractivity contribution >= 4 is 5.91 Å². The van der Waals surface area contributed by atoms with Crippen LogP contribution in [0.5, 0.6) is 0 Å². The number of hydrogen-bond acceptors (Lipinski definition) is 2. The summed E-state index contributed by atoms with van der Waals surface area (Å²) in [6.45, 7) is 8.70. The third-order valence-electron chi connectivity index (χ3n) is 4.36. The Morgan fingerprint density at radius 2 is 1.76 bits per heavy atom. The van der Waals surface area contributed by atoms with Crippen LogP contribution in [-0.4, -0.2) is 29.1 Å². The standard InChI is InChI=1S/C14H26N2O/c1-9(2)13-15-11(4)14(17)16(13)12-7-5-10(3)6-8-12/h9-13,15H,5-8H2,1-4H3. The summed E-state index contributed by atoms with van der Waals surface area (Å²) in [5.41, 5.74) is 0. The fourth-order valence-electron chi connectivity index (χ4n) is 3.21. The molecule has 98 valence electrons. The van der Waals surface area contributed by atoms with Gasteiger partial charge in [0, 0.05) is 6.04 Å². The van der Waals surface area contributed by atoms with Gasteiger partial charge in [0.25, 0.3) is 0 Å². The first-order valence-electron chi connectivity index (χ1n) is 7.09. The topological polar surface area (TPSA) is 32.3 Å². The Kier molecular flexibility index (Phi) is 3.76. The molecule has 1 saturated heterocycles. The van der Waals surface area contributed by atoms with Crippen molar-refractivity contribution in [3.8, 4) is 0 Å². The molecule has 1 heterocycles. The predicted octanol–water partition coefficient (Wildman–Crippen LogP) is 2.37. The molecule has 0 aromatic heterocycles. The van der Waals surface area contributed by atoms with E-state index >= 15 is 0 Å². The lowest BCUT2D eigenvalue weighted by molar-refractivity contribution is -0.133. The van der Waals surface area contributed by atoms with E-state index in [1.165, 1.54) is 25.7 Å². The van der Waals surface area contributed by atoms with Gasteiger partial charge in [0.2, 0.25) is 5.91 Å². The summed E-state index contributed by atoms with van der Waals surface area (Å²) in [5, 5.41) is 3.44. The number of carbonyl (C=O) groups is 1. The summed E-state index contributed by atoms with van der Waals surface area (Å²) in [5.74, 6) is 1.64. The normalized spacial score (nSPS) is 39.1. The molecule has 0 aromatic carbocycles. The lowest BCUT2D eigenvalue weighted by Gasteiger charge is -2.38. The van der Waals surface area contributed by atoms with Crippen molar-refractivity contribution in [2.45, 2.75) is 71.6 Å². The molecule has 2 unspecified atom stereocenters. The zero-order valence-electron chi connectivity index (χ0n) is 11.6. The van der Waals surface area contributed by atoms with Gasteiger partial charge in [0.15, 0.2) is 0 Å². The molecule has 0 radical (unpaired) electrons. The van der Waals surface area contributed by atoms with Crippen LogP contribution in [0.4, 0.5) is 0 Å². The molecule has 2 atom stereocenters. The van der Waals surface area contributed by atoms with E-state index in [0.29, 0.717) is 17.9 Å². The summed E-state index contributed by atoms with van der Waals surface area (Å²) in [4.78, 5) is 14.4. The van der Waals surface area contributed by atoms with E-state index in [2.05, 4.69) is 31.0 Å². The van der Waals surface area contributed by atoms with Gasteiger partial charge in [-0.2, -0.15) is 0 Å². The average molecular weight is 238 g/mol. The molecule has 0 spiro atoms. The largest absolute Gasteiger partial charge is 0.323 e. The molecule has 3 nitrogen and oxygen atoms in total. The fourth-order valence-corrected chi connectivity index (χ4v) is 3.21. The lowest BCUT2D eigenvalue weighted by atomic mass is 9.86. The minimum atomic E-state index is 0.00162. The zero-order chi connectivity index (χ0) is 12.6. The number of carbonyl (C=O) groups excluding carboxylic acids is 1. The minimum Gasteiger partial charge on any atom is -0.323 e. The van der Waals surface area contributed by atoms with Crippen LogP contribution in [-0.2, 0) is 4.79 Å². The highest BCUT2D eigenvalue weighted by Crippen LogP contribution is 2.31. The summed E-state index contributed by atoms with van der Waals surface area (Å²) < 4.78 is 0. The predicted molar refractivity (Wildman–Crippen MR) is 69.5 cm³/mol. The lowest BCUT2D eigenvalue weighted by Crippen LogP contribution is -2.48. The highest BCUT2D eigenvalue weighted by molar-refractivity contribution is 5.84. The van der Waals surface area contributed by atoms with E-state index in [1.807, 2.05) is 6.92 Å². The number of nitrogens with one attached hydrogen (secondary N) is 1. The first-order chi connectivity index (χ1) is 8.00. The van der Waals surface area contributed by atoms with Crippen molar-refractivity contribution in [2.24, 2.45) is 11.8 Å². The maximum Gasteiger partial charge on any atom is 0.240 e. The van der Waals surface area contributed by atoms with E-state index in [4.69, 9.17) is 0 Å². The van der Waals surface area contributed by atoms with E-state index in [9.17, 15) is 4.79 Å². The van der Waals surface area contributed by atoms with Crippen LogP contribution in [0.15, 0.2) is 0 Å². The molecule has 2 rings (SSSR count). The molecular formula is C14H26N2O. The van der Waals surface area contributed by atoms with Crippen molar-refractivity contribution < 1.29 is 4.79 Å². The Balaban J connectivity index is 2.08. The molecule has 1 saturated carbocycles. The monoisotopic (exact) mass is 238 g/mol. The van der Waals surface area contributed by atoms with Crippen LogP contribution in [0.3, 0.4) is 0 Å². The molecule has 1 aliphatic carbocycles. The van der Waals surface area contributed by atoms with E-state index in [0.717, 1.165) is 5.92 Å². The maximum absolute atomic E-state index is 12.3. The van der Waals surface area contributed by atoms with Gasteiger partial charge in [0.05, 0.1) is 12.2 Å². The SMILES string of the molecule is CC1CCC(N2C(=O)C(C)NC2C(C)C)CC1. The van der Waals surface area contributed by atoms with Gasteiger partial charge in [-0.25, -0.2) is 0 Å². The summed E-state index contributed by atoms with van der Waals surface area (Å²) in [6, 6.07) is 0.477. The Hall–Kier alpha value is -0.570. The second kappa shape index (κ2) is 4.97. The molecule has 17 heavy (non-hydrogen) atoms. The van der Waals surface area contributed by atoms with Crippen molar-refractivity contribution in [2.75, 3.05) is 0 Å². The molecule has 3 heteroatoms. The third-order valence-corrected chi connectivity index (χ3v) is 4.36. The van der Waals surface area contributed by atoms with Crippen LogP contribution in [0, 0.1) is 11.8 Å². The van der Waals surface area contributed by atoms with Crippen molar-refractivity contribution in [1.82, 2.24) is 10.2 Å². The number of hydrogen-bond donors (Lipinski definition) is 1. The maximum atomic E-state index is 12.3. The fraction of sp³-hybridized carbons (Fsp3) is 0.929. The molecule has 2 fully saturated rings. The molecule has 0 bridgehead atoms. The van der Waals surface area contributed by atoms with Gasteiger partial charge >= 0.3 is 0 Å². The Labute approximate surface area is 105 Å². The molecular weight excluding hydrogens is 212 g/mol. The average Bonchev–Trinajstić information content (AvgIpc) is 2.57. The van der Waals surface area contributed by atoms with Crippen LogP contribution in [0.2, 0.25) is 0 Å². The molecule has 1 amide bonds. The summed E-state index contributed by atoms with van der Waals surface area (Å²) in [7, 11) is 0. The molecule has 1 N–H and O–H groups in total. The number of amides is 1. The quantitative estimate of drug-likeness (QED) is 0.801. The highest BCUT2D eigenvalue weighted by atomic mass is 16.2. The van der Waals surface area contributed by atoms with Crippen LogP contribution in [0.25, 0.3) is 0 Å². The van der Waals surface area contributed by atoms with Crippen molar-refractivity contribution in [1.29, 1.82) is 0 Å².